The average Bonchev–Trinajstić information content (AvgIpc) is 2.41. The molecule has 0 spiro atoms. The molecule has 1 amide bonds. The number of nitrogens with one attached hydrogen (secondary N) is 1. The van der Waals surface area contributed by atoms with E-state index < -0.39 is 0 Å². The Kier molecular flexibility index (Phi) is 5.01. The van der Waals surface area contributed by atoms with E-state index in [1.807, 2.05) is 4.90 Å². The lowest BCUT2D eigenvalue weighted by Gasteiger charge is -2.36. The average molecular weight is 253 g/mol. The highest BCUT2D eigenvalue weighted by molar-refractivity contribution is 5.78. The summed E-state index contributed by atoms with van der Waals surface area (Å²) in [5.41, 5.74) is 5.39. The molecule has 18 heavy (non-hydrogen) atoms. The number of hydrogen-bond donors (Lipinski definition) is 2. The fourth-order valence-electron chi connectivity index (χ4n) is 3.18. The van der Waals surface area contributed by atoms with Gasteiger partial charge < -0.3 is 16.0 Å². The zero-order valence-corrected chi connectivity index (χ0v) is 11.5. The minimum absolute atomic E-state index is 0.0972. The molecule has 0 bridgehead atoms. The van der Waals surface area contributed by atoms with Crippen molar-refractivity contribution in [3.05, 3.63) is 0 Å². The maximum absolute atomic E-state index is 11.5. The summed E-state index contributed by atoms with van der Waals surface area (Å²) in [5, 5.41) is 3.79. The van der Waals surface area contributed by atoms with Gasteiger partial charge in [-0.2, -0.15) is 0 Å². The van der Waals surface area contributed by atoms with Gasteiger partial charge in [-0.15, -0.1) is 0 Å². The summed E-state index contributed by atoms with van der Waals surface area (Å²) >= 11 is 0. The van der Waals surface area contributed by atoms with Crippen LogP contribution >= 0.6 is 0 Å². The molecule has 2 rings (SSSR count). The van der Waals surface area contributed by atoms with E-state index in [1.165, 1.54) is 25.7 Å². The third kappa shape index (κ3) is 3.69. The van der Waals surface area contributed by atoms with E-state index in [0.717, 1.165) is 31.8 Å². The van der Waals surface area contributed by atoms with Crippen LogP contribution in [0.3, 0.4) is 0 Å². The van der Waals surface area contributed by atoms with Crippen LogP contribution in [0.1, 0.15) is 45.4 Å². The summed E-state index contributed by atoms with van der Waals surface area (Å²) in [6.07, 6.45) is 7.53. The van der Waals surface area contributed by atoms with E-state index in [4.69, 9.17) is 5.73 Å². The van der Waals surface area contributed by atoms with Crippen LogP contribution in [0.5, 0.6) is 0 Å². The number of rotatable bonds is 3. The lowest BCUT2D eigenvalue weighted by atomic mass is 9.86. The van der Waals surface area contributed by atoms with Gasteiger partial charge in [-0.1, -0.05) is 6.92 Å². The van der Waals surface area contributed by atoms with Gasteiger partial charge in [0, 0.05) is 25.2 Å². The molecule has 2 aliphatic rings. The molecule has 0 aromatic heterocycles. The highest BCUT2D eigenvalue weighted by atomic mass is 16.2. The molecule has 4 nitrogen and oxygen atoms in total. The first-order valence-corrected chi connectivity index (χ1v) is 7.43. The SMILES string of the molecule is CC1CCC(NC2CCN(C(=O)CN)CC2)CC1. The second-order valence-electron chi connectivity index (χ2n) is 5.98. The maximum atomic E-state index is 11.5. The molecule has 3 N–H and O–H groups in total. The molecule has 1 heterocycles. The molecule has 0 aromatic carbocycles. The molecule has 0 atom stereocenters. The number of carbonyl (C=O) groups excluding carboxylic acids is 1. The van der Waals surface area contributed by atoms with Crippen LogP contribution in [0.15, 0.2) is 0 Å². The molecular formula is C14H27N3O. The van der Waals surface area contributed by atoms with Crippen LogP contribution in [-0.4, -0.2) is 42.5 Å². The Morgan fingerprint density at radius 1 is 1.11 bits per heavy atom. The van der Waals surface area contributed by atoms with Crippen molar-refractivity contribution in [1.82, 2.24) is 10.2 Å². The van der Waals surface area contributed by atoms with Gasteiger partial charge in [0.15, 0.2) is 0 Å². The third-order valence-corrected chi connectivity index (χ3v) is 4.51. The standard InChI is InChI=1S/C14H27N3O/c1-11-2-4-12(5-3-11)16-13-6-8-17(9-7-13)14(18)10-15/h11-13,16H,2-10,15H2,1H3. The van der Waals surface area contributed by atoms with Crippen molar-refractivity contribution < 1.29 is 4.79 Å². The topological polar surface area (TPSA) is 58.4 Å². The van der Waals surface area contributed by atoms with Crippen molar-refractivity contribution >= 4 is 5.91 Å². The van der Waals surface area contributed by atoms with Crippen molar-refractivity contribution in [3.63, 3.8) is 0 Å². The van der Waals surface area contributed by atoms with Gasteiger partial charge in [0.25, 0.3) is 0 Å². The van der Waals surface area contributed by atoms with E-state index in [2.05, 4.69) is 12.2 Å². The van der Waals surface area contributed by atoms with Gasteiger partial charge in [0.2, 0.25) is 5.91 Å². The first-order chi connectivity index (χ1) is 8.69. The highest BCUT2D eigenvalue weighted by Gasteiger charge is 2.25. The van der Waals surface area contributed by atoms with Gasteiger partial charge in [0.1, 0.15) is 0 Å². The summed E-state index contributed by atoms with van der Waals surface area (Å²) in [7, 11) is 0. The number of piperidine rings is 1. The predicted molar refractivity (Wildman–Crippen MR) is 73.2 cm³/mol. The van der Waals surface area contributed by atoms with Crippen LogP contribution in [0.2, 0.25) is 0 Å². The lowest BCUT2D eigenvalue weighted by Crippen LogP contribution is -2.49. The van der Waals surface area contributed by atoms with Crippen LogP contribution in [0.25, 0.3) is 0 Å². The first kappa shape index (κ1) is 13.8. The predicted octanol–water partition coefficient (Wildman–Crippen LogP) is 1.10. The number of nitrogens with zero attached hydrogens (tertiary/aromatic N) is 1. The smallest absolute Gasteiger partial charge is 0.236 e. The number of hydrogen-bond acceptors (Lipinski definition) is 3. The van der Waals surface area contributed by atoms with Gasteiger partial charge in [-0.25, -0.2) is 0 Å². The summed E-state index contributed by atoms with van der Waals surface area (Å²) < 4.78 is 0. The zero-order valence-electron chi connectivity index (χ0n) is 11.5. The molecule has 1 aliphatic heterocycles. The third-order valence-electron chi connectivity index (χ3n) is 4.51. The number of amides is 1. The van der Waals surface area contributed by atoms with E-state index in [9.17, 15) is 4.79 Å². The fourth-order valence-corrected chi connectivity index (χ4v) is 3.18. The Labute approximate surface area is 110 Å². The zero-order chi connectivity index (χ0) is 13.0. The Balaban J connectivity index is 1.69. The summed E-state index contributed by atoms with van der Waals surface area (Å²) in [6.45, 7) is 4.25. The fraction of sp³-hybridized carbons (Fsp3) is 0.929. The number of carbonyl (C=O) groups is 1. The normalized spacial score (nSPS) is 30.4. The maximum Gasteiger partial charge on any atom is 0.236 e. The molecule has 0 unspecified atom stereocenters. The van der Waals surface area contributed by atoms with E-state index in [0.29, 0.717) is 12.1 Å². The van der Waals surface area contributed by atoms with Crippen molar-refractivity contribution in [1.29, 1.82) is 0 Å². The monoisotopic (exact) mass is 253 g/mol. The largest absolute Gasteiger partial charge is 0.341 e. The minimum Gasteiger partial charge on any atom is -0.341 e. The van der Waals surface area contributed by atoms with Crippen molar-refractivity contribution in [2.75, 3.05) is 19.6 Å². The second-order valence-corrected chi connectivity index (χ2v) is 5.98. The van der Waals surface area contributed by atoms with E-state index in [1.54, 1.807) is 0 Å². The molecule has 1 saturated heterocycles. The molecule has 104 valence electrons. The molecule has 2 fully saturated rings. The molecule has 0 radical (unpaired) electrons. The van der Waals surface area contributed by atoms with Crippen molar-refractivity contribution in [3.8, 4) is 0 Å². The highest BCUT2D eigenvalue weighted by Crippen LogP contribution is 2.24. The number of likely N-dealkylation sites (tertiary alicyclic amines) is 1. The van der Waals surface area contributed by atoms with E-state index in [-0.39, 0.29) is 12.5 Å². The minimum atomic E-state index is 0.0972. The van der Waals surface area contributed by atoms with Crippen LogP contribution < -0.4 is 11.1 Å². The quantitative estimate of drug-likeness (QED) is 0.792. The van der Waals surface area contributed by atoms with Crippen LogP contribution in [0.4, 0.5) is 0 Å². The molecule has 1 aliphatic carbocycles. The molecule has 1 saturated carbocycles. The lowest BCUT2D eigenvalue weighted by molar-refractivity contribution is -0.130. The van der Waals surface area contributed by atoms with Gasteiger partial charge in [-0.05, 0) is 44.4 Å². The Morgan fingerprint density at radius 3 is 2.22 bits per heavy atom. The van der Waals surface area contributed by atoms with Crippen LogP contribution in [-0.2, 0) is 4.79 Å². The molecule has 0 aromatic rings. The number of nitrogens with two attached hydrogens (primary N) is 1. The van der Waals surface area contributed by atoms with Gasteiger partial charge >= 0.3 is 0 Å². The summed E-state index contributed by atoms with van der Waals surface area (Å²) in [5.74, 6) is 1.01. The Morgan fingerprint density at radius 2 is 1.67 bits per heavy atom. The Bertz CT molecular complexity index is 266. The van der Waals surface area contributed by atoms with Crippen LogP contribution in [0, 0.1) is 5.92 Å². The van der Waals surface area contributed by atoms with Crippen molar-refractivity contribution in [2.24, 2.45) is 11.7 Å². The van der Waals surface area contributed by atoms with Crippen molar-refractivity contribution in [2.45, 2.75) is 57.5 Å². The summed E-state index contributed by atoms with van der Waals surface area (Å²) in [6, 6.07) is 1.31. The summed E-state index contributed by atoms with van der Waals surface area (Å²) in [4.78, 5) is 13.4. The molecular weight excluding hydrogens is 226 g/mol. The van der Waals surface area contributed by atoms with E-state index >= 15 is 0 Å². The van der Waals surface area contributed by atoms with Gasteiger partial charge in [-0.3, -0.25) is 4.79 Å². The molecule has 4 heteroatoms. The first-order valence-electron chi connectivity index (χ1n) is 7.43. The van der Waals surface area contributed by atoms with Gasteiger partial charge in [0.05, 0.1) is 6.54 Å². The second kappa shape index (κ2) is 6.53. The Hall–Kier alpha value is -0.610.